The van der Waals surface area contributed by atoms with Gasteiger partial charge < -0.3 is 23.8 Å². The van der Waals surface area contributed by atoms with Gasteiger partial charge in [0, 0.05) is 33.9 Å². The van der Waals surface area contributed by atoms with Crippen LogP contribution >= 0.6 is 0 Å². The van der Waals surface area contributed by atoms with Crippen LogP contribution in [0.1, 0.15) is 50.6 Å². The summed E-state index contributed by atoms with van der Waals surface area (Å²) in [5, 5.41) is 0. The quantitative estimate of drug-likeness (QED) is 0.203. The highest BCUT2D eigenvalue weighted by molar-refractivity contribution is 5.83. The predicted molar refractivity (Wildman–Crippen MR) is 149 cm³/mol. The summed E-state index contributed by atoms with van der Waals surface area (Å²) in [7, 11) is 0. The molecule has 2 aromatic heterocycles. The molecule has 3 aromatic rings. The Kier molecular flexibility index (Phi) is 9.33. The van der Waals surface area contributed by atoms with Crippen LogP contribution in [0, 0.1) is 13.8 Å². The molecule has 218 valence electrons. The second kappa shape index (κ2) is 12.9. The molecule has 1 saturated heterocycles. The number of aryl methyl sites for hydroxylation is 2. The highest BCUT2D eigenvalue weighted by atomic mass is 16.7. The van der Waals surface area contributed by atoms with Crippen molar-refractivity contribution >= 4 is 34.9 Å². The Morgan fingerprint density at radius 2 is 1.76 bits per heavy atom. The van der Waals surface area contributed by atoms with Crippen molar-refractivity contribution < 1.29 is 33.3 Å². The summed E-state index contributed by atoms with van der Waals surface area (Å²) < 4.78 is 24.0. The predicted octanol–water partition coefficient (Wildman–Crippen LogP) is 3.35. The van der Waals surface area contributed by atoms with Gasteiger partial charge in [0.2, 0.25) is 0 Å². The zero-order valence-electron chi connectivity index (χ0n) is 24.1. The van der Waals surface area contributed by atoms with Crippen molar-refractivity contribution in [2.45, 2.75) is 72.6 Å². The second-order valence-corrected chi connectivity index (χ2v) is 9.92. The first kappa shape index (κ1) is 29.7. The largest absolute Gasteiger partial charge is 0.463 e. The first-order valence-electron chi connectivity index (χ1n) is 13.3. The van der Waals surface area contributed by atoms with Crippen LogP contribution < -0.4 is 4.90 Å². The van der Waals surface area contributed by atoms with Gasteiger partial charge in [-0.25, -0.2) is 15.0 Å². The van der Waals surface area contributed by atoms with Crippen molar-refractivity contribution in [3.05, 3.63) is 59.7 Å². The Bertz CT molecular complexity index is 1450. The molecular formula is C29H35N5O7. The van der Waals surface area contributed by atoms with Gasteiger partial charge in [0.25, 0.3) is 0 Å². The lowest BCUT2D eigenvalue weighted by Gasteiger charge is -2.24. The molecule has 3 heterocycles. The van der Waals surface area contributed by atoms with Crippen LogP contribution in [0.5, 0.6) is 0 Å². The number of anilines is 1. The Morgan fingerprint density at radius 3 is 2.44 bits per heavy atom. The van der Waals surface area contributed by atoms with Crippen LogP contribution in [0.25, 0.3) is 11.2 Å². The van der Waals surface area contributed by atoms with Crippen molar-refractivity contribution in [2.24, 2.45) is 0 Å². The molecule has 0 spiro atoms. The van der Waals surface area contributed by atoms with Gasteiger partial charge in [0.05, 0.1) is 6.33 Å². The Labute approximate surface area is 238 Å². The van der Waals surface area contributed by atoms with E-state index >= 15 is 0 Å². The third-order valence-electron chi connectivity index (χ3n) is 6.68. The second-order valence-electron chi connectivity index (χ2n) is 9.92. The standard InChI is InChI=1S/C29H35N5O7/c1-7-8-11-33(13-22-12-17(2)9-10-18(22)3)27-24-28(31-15-30-27)34(16-32-24)29-26(40-21(6)37)25(39-20(5)36)23(41-29)14-38-19(4)35/h7-10,12,15-16,23,25-26,29H,11,13-14H2,1-6H3/t23-,25-,26-,29-/m1/s1. The van der Waals surface area contributed by atoms with E-state index in [9.17, 15) is 14.4 Å². The number of fused-ring (bicyclic) bond motifs is 1. The lowest BCUT2D eigenvalue weighted by molar-refractivity contribution is -0.166. The van der Waals surface area contributed by atoms with Crippen LogP contribution in [0.15, 0.2) is 43.0 Å². The van der Waals surface area contributed by atoms with E-state index in [-0.39, 0.29) is 6.61 Å². The van der Waals surface area contributed by atoms with Gasteiger partial charge in [-0.1, -0.05) is 35.9 Å². The smallest absolute Gasteiger partial charge is 0.303 e. The number of esters is 3. The van der Waals surface area contributed by atoms with Gasteiger partial charge in [-0.3, -0.25) is 19.0 Å². The maximum absolute atomic E-state index is 12.1. The number of nitrogens with zero attached hydrogens (tertiary/aromatic N) is 5. The van der Waals surface area contributed by atoms with E-state index in [4.69, 9.17) is 18.9 Å². The molecular weight excluding hydrogens is 530 g/mol. The molecule has 0 radical (unpaired) electrons. The summed E-state index contributed by atoms with van der Waals surface area (Å²) in [5.41, 5.74) is 4.43. The lowest BCUT2D eigenvalue weighted by Crippen LogP contribution is -2.40. The van der Waals surface area contributed by atoms with Crippen LogP contribution in [-0.2, 0) is 39.9 Å². The van der Waals surface area contributed by atoms with Gasteiger partial charge in [-0.15, -0.1) is 0 Å². The average molecular weight is 566 g/mol. The van der Waals surface area contributed by atoms with Gasteiger partial charge in [0.15, 0.2) is 35.4 Å². The van der Waals surface area contributed by atoms with Crippen molar-refractivity contribution in [1.29, 1.82) is 0 Å². The fourth-order valence-electron chi connectivity index (χ4n) is 4.81. The van der Waals surface area contributed by atoms with Gasteiger partial charge in [-0.05, 0) is 31.9 Å². The maximum atomic E-state index is 12.1. The molecule has 1 aromatic carbocycles. The molecule has 41 heavy (non-hydrogen) atoms. The normalized spacial score (nSPS) is 20.3. The molecule has 0 N–H and O–H groups in total. The number of rotatable bonds is 10. The fourth-order valence-corrected chi connectivity index (χ4v) is 4.81. The van der Waals surface area contributed by atoms with E-state index in [1.165, 1.54) is 33.4 Å². The summed E-state index contributed by atoms with van der Waals surface area (Å²) in [6.45, 7) is 10.8. The summed E-state index contributed by atoms with van der Waals surface area (Å²) in [6, 6.07) is 6.34. The summed E-state index contributed by atoms with van der Waals surface area (Å²) in [5.74, 6) is -1.11. The van der Waals surface area contributed by atoms with E-state index < -0.39 is 42.4 Å². The highest BCUT2D eigenvalue weighted by Gasteiger charge is 2.51. The number of hydrogen-bond acceptors (Lipinski definition) is 11. The highest BCUT2D eigenvalue weighted by Crippen LogP contribution is 2.37. The molecule has 1 aliphatic heterocycles. The van der Waals surface area contributed by atoms with Crippen molar-refractivity contribution in [1.82, 2.24) is 19.5 Å². The average Bonchev–Trinajstić information content (AvgIpc) is 3.48. The van der Waals surface area contributed by atoms with E-state index in [1.54, 1.807) is 4.57 Å². The van der Waals surface area contributed by atoms with E-state index in [0.717, 1.165) is 16.7 Å². The number of ether oxygens (including phenoxy) is 4. The minimum Gasteiger partial charge on any atom is -0.463 e. The number of aromatic nitrogens is 4. The Hall–Kier alpha value is -4.32. The first-order chi connectivity index (χ1) is 19.6. The molecule has 4 atom stereocenters. The van der Waals surface area contributed by atoms with Gasteiger partial charge >= 0.3 is 17.9 Å². The number of carbonyl (C=O) groups is 3. The Morgan fingerprint density at radius 1 is 1.02 bits per heavy atom. The number of imidazole rings is 1. The summed E-state index contributed by atoms with van der Waals surface area (Å²) >= 11 is 0. The minimum atomic E-state index is -1.05. The fraction of sp³-hybridized carbons (Fsp3) is 0.448. The van der Waals surface area contributed by atoms with Crippen LogP contribution in [0.2, 0.25) is 0 Å². The maximum Gasteiger partial charge on any atom is 0.303 e. The van der Waals surface area contributed by atoms with Crippen molar-refractivity contribution in [3.8, 4) is 0 Å². The van der Waals surface area contributed by atoms with E-state index in [0.29, 0.717) is 30.1 Å². The van der Waals surface area contributed by atoms with E-state index in [2.05, 4.69) is 51.9 Å². The number of hydrogen-bond donors (Lipinski definition) is 0. The number of benzene rings is 1. The molecule has 0 amide bonds. The van der Waals surface area contributed by atoms with Crippen molar-refractivity contribution in [3.63, 3.8) is 0 Å². The lowest BCUT2D eigenvalue weighted by atomic mass is 10.1. The molecule has 0 aliphatic carbocycles. The van der Waals surface area contributed by atoms with Crippen LogP contribution in [0.4, 0.5) is 5.82 Å². The molecule has 0 bridgehead atoms. The van der Waals surface area contributed by atoms with Crippen LogP contribution in [0.3, 0.4) is 0 Å². The topological polar surface area (TPSA) is 135 Å². The van der Waals surface area contributed by atoms with Gasteiger partial charge in [-0.2, -0.15) is 0 Å². The van der Waals surface area contributed by atoms with Crippen molar-refractivity contribution in [2.75, 3.05) is 18.1 Å². The minimum absolute atomic E-state index is 0.207. The number of allylic oxidation sites excluding steroid dienone is 1. The zero-order chi connectivity index (χ0) is 29.7. The SMILES string of the molecule is CC=CCN(Cc1cc(C)ccc1C)c1ncnc2c1ncn2[C@@H]1O[C@H](COC(C)=O)[C@@H](OC(C)=O)[C@H]1OC(C)=O. The molecule has 0 unspecified atom stereocenters. The monoisotopic (exact) mass is 565 g/mol. The third-order valence-corrected chi connectivity index (χ3v) is 6.68. The Balaban J connectivity index is 1.75. The molecule has 0 saturated carbocycles. The molecule has 1 aliphatic rings. The van der Waals surface area contributed by atoms with Gasteiger partial charge in [0.1, 0.15) is 19.0 Å². The third kappa shape index (κ3) is 6.88. The van der Waals surface area contributed by atoms with Crippen LogP contribution in [-0.4, -0.2) is 68.9 Å². The molecule has 12 nitrogen and oxygen atoms in total. The molecule has 12 heteroatoms. The summed E-state index contributed by atoms with van der Waals surface area (Å²) in [6.07, 6.45) is 3.02. The number of carbonyl (C=O) groups excluding carboxylic acids is 3. The molecule has 4 rings (SSSR count). The first-order valence-corrected chi connectivity index (χ1v) is 13.3. The molecule has 1 fully saturated rings. The zero-order valence-corrected chi connectivity index (χ0v) is 24.1. The van der Waals surface area contributed by atoms with E-state index in [1.807, 2.05) is 19.1 Å². The summed E-state index contributed by atoms with van der Waals surface area (Å²) in [4.78, 5) is 51.3.